The summed E-state index contributed by atoms with van der Waals surface area (Å²) >= 11 is 1.50. The molecule has 0 aliphatic heterocycles. The number of rotatable bonds is 8. The Morgan fingerprint density at radius 2 is 1.86 bits per heavy atom. The van der Waals surface area contributed by atoms with Gasteiger partial charge in [-0.2, -0.15) is 8.78 Å². The van der Waals surface area contributed by atoms with Gasteiger partial charge in [-0.05, 0) is 30.5 Å². The molecule has 0 bridgehead atoms. The lowest BCUT2D eigenvalue weighted by Crippen LogP contribution is -2.33. The molecule has 28 heavy (non-hydrogen) atoms. The molecule has 0 aliphatic carbocycles. The van der Waals surface area contributed by atoms with Crippen molar-refractivity contribution in [2.24, 2.45) is 0 Å². The number of benzene rings is 2. The largest absolute Gasteiger partial charge is 0.434 e. The molecule has 8 heteroatoms. The molecule has 2 aromatic rings. The van der Waals surface area contributed by atoms with Crippen LogP contribution in [0.2, 0.25) is 0 Å². The van der Waals surface area contributed by atoms with Crippen molar-refractivity contribution >= 4 is 35.3 Å². The number of halogens is 2. The molecule has 0 radical (unpaired) electrons. The zero-order valence-electron chi connectivity index (χ0n) is 15.4. The number of thioether (sulfide) groups is 1. The molecule has 2 aromatic carbocycles. The summed E-state index contributed by atoms with van der Waals surface area (Å²) < 4.78 is 29.3. The fraction of sp³-hybridized carbons (Fsp3) is 0.200. The molecule has 0 fully saturated rings. The lowest BCUT2D eigenvalue weighted by molar-refractivity contribution is -0.129. The fourth-order valence-corrected chi connectivity index (χ4v) is 2.89. The van der Waals surface area contributed by atoms with E-state index in [1.165, 1.54) is 41.9 Å². The van der Waals surface area contributed by atoms with Crippen LogP contribution in [0.1, 0.15) is 5.56 Å². The van der Waals surface area contributed by atoms with E-state index in [1.54, 1.807) is 24.3 Å². The van der Waals surface area contributed by atoms with Crippen LogP contribution in [-0.2, 0) is 9.59 Å². The summed E-state index contributed by atoms with van der Waals surface area (Å²) in [4.78, 5) is 26.6. The molecule has 5 nitrogen and oxygen atoms in total. The lowest BCUT2D eigenvalue weighted by Gasteiger charge is -2.16. The average Bonchev–Trinajstić information content (AvgIpc) is 2.66. The van der Waals surface area contributed by atoms with Crippen molar-refractivity contribution in [3.05, 3.63) is 60.2 Å². The van der Waals surface area contributed by atoms with Gasteiger partial charge in [0.25, 0.3) is 0 Å². The number of hydrogen-bond donors (Lipinski definition) is 1. The van der Waals surface area contributed by atoms with Crippen molar-refractivity contribution in [3.63, 3.8) is 0 Å². The Morgan fingerprint density at radius 3 is 2.57 bits per heavy atom. The van der Waals surface area contributed by atoms with Gasteiger partial charge < -0.3 is 15.0 Å². The van der Waals surface area contributed by atoms with Crippen molar-refractivity contribution < 1.29 is 23.1 Å². The number of amides is 2. The number of ether oxygens (including phenoxy) is 1. The number of anilines is 1. The average molecular weight is 406 g/mol. The van der Waals surface area contributed by atoms with Crippen LogP contribution in [0.3, 0.4) is 0 Å². The Kier molecular flexibility index (Phi) is 8.01. The Balaban J connectivity index is 1.97. The molecule has 0 saturated carbocycles. The number of para-hydroxylation sites is 2. The SMILES string of the molecule is CSc1ccccc1NC(=O)CN(C)C(=O)C=Cc1ccccc1OC(F)F. The van der Waals surface area contributed by atoms with Crippen LogP contribution in [0, 0.1) is 0 Å². The highest BCUT2D eigenvalue weighted by molar-refractivity contribution is 7.98. The molecule has 0 spiro atoms. The van der Waals surface area contributed by atoms with Crippen LogP contribution in [0.15, 0.2) is 59.5 Å². The molecule has 0 atom stereocenters. The Hall–Kier alpha value is -2.87. The number of likely N-dealkylation sites (N-methyl/N-ethyl adjacent to an activating group) is 1. The number of carbonyl (C=O) groups is 2. The second-order valence-corrected chi connectivity index (χ2v) is 6.54. The summed E-state index contributed by atoms with van der Waals surface area (Å²) in [7, 11) is 1.48. The van der Waals surface area contributed by atoms with Crippen LogP contribution in [-0.4, -0.2) is 43.2 Å². The Morgan fingerprint density at radius 1 is 1.18 bits per heavy atom. The van der Waals surface area contributed by atoms with Gasteiger partial charge in [0.05, 0.1) is 12.2 Å². The summed E-state index contributed by atoms with van der Waals surface area (Å²) in [5.74, 6) is -0.817. The molecule has 1 N–H and O–H groups in total. The maximum absolute atomic E-state index is 12.4. The van der Waals surface area contributed by atoms with E-state index in [4.69, 9.17) is 0 Å². The topological polar surface area (TPSA) is 58.6 Å². The number of hydrogen-bond acceptors (Lipinski definition) is 4. The van der Waals surface area contributed by atoms with Gasteiger partial charge in [0.15, 0.2) is 0 Å². The highest BCUT2D eigenvalue weighted by Gasteiger charge is 2.13. The maximum Gasteiger partial charge on any atom is 0.387 e. The molecular formula is C20H20F2N2O3S. The first-order valence-electron chi connectivity index (χ1n) is 8.30. The first kappa shape index (κ1) is 21.4. The highest BCUT2D eigenvalue weighted by atomic mass is 32.2. The quantitative estimate of drug-likeness (QED) is 0.529. The van der Waals surface area contributed by atoms with Crippen molar-refractivity contribution in [2.45, 2.75) is 11.5 Å². The zero-order chi connectivity index (χ0) is 20.5. The van der Waals surface area contributed by atoms with E-state index < -0.39 is 12.5 Å². The maximum atomic E-state index is 12.4. The van der Waals surface area contributed by atoms with Gasteiger partial charge in [-0.15, -0.1) is 11.8 Å². The summed E-state index contributed by atoms with van der Waals surface area (Å²) in [5, 5.41) is 2.77. The van der Waals surface area contributed by atoms with Gasteiger partial charge in [-0.1, -0.05) is 30.3 Å². The molecular weight excluding hydrogens is 386 g/mol. The van der Waals surface area contributed by atoms with Crippen LogP contribution in [0.5, 0.6) is 5.75 Å². The summed E-state index contributed by atoms with van der Waals surface area (Å²) in [6.45, 7) is -3.11. The molecule has 2 amide bonds. The summed E-state index contributed by atoms with van der Waals surface area (Å²) in [6.07, 6.45) is 4.48. The van der Waals surface area contributed by atoms with Crippen LogP contribution < -0.4 is 10.1 Å². The first-order valence-corrected chi connectivity index (χ1v) is 9.53. The normalized spacial score (nSPS) is 10.9. The minimum Gasteiger partial charge on any atom is -0.434 e. The second-order valence-electron chi connectivity index (χ2n) is 5.69. The zero-order valence-corrected chi connectivity index (χ0v) is 16.2. The predicted molar refractivity (Wildman–Crippen MR) is 107 cm³/mol. The van der Waals surface area contributed by atoms with E-state index in [1.807, 2.05) is 24.5 Å². The number of nitrogens with one attached hydrogen (secondary N) is 1. The number of nitrogens with zero attached hydrogens (tertiary/aromatic N) is 1. The summed E-state index contributed by atoms with van der Waals surface area (Å²) in [5.41, 5.74) is 1.01. The van der Waals surface area contributed by atoms with E-state index in [-0.39, 0.29) is 18.2 Å². The third kappa shape index (κ3) is 6.38. The lowest BCUT2D eigenvalue weighted by atomic mass is 10.2. The predicted octanol–water partition coefficient (Wildman–Crippen LogP) is 4.12. The van der Waals surface area contributed by atoms with Crippen molar-refractivity contribution in [1.82, 2.24) is 4.90 Å². The Labute approximate surface area is 166 Å². The summed E-state index contributed by atoms with van der Waals surface area (Å²) in [6, 6.07) is 13.5. The Bertz CT molecular complexity index is 859. The third-order valence-corrected chi connectivity index (χ3v) is 4.47. The van der Waals surface area contributed by atoms with E-state index in [2.05, 4.69) is 10.1 Å². The first-order chi connectivity index (χ1) is 13.4. The van der Waals surface area contributed by atoms with E-state index in [0.717, 1.165) is 4.90 Å². The standard InChI is InChI=1S/C20H20F2N2O3S/c1-24(13-18(25)23-15-8-4-6-10-17(15)28-2)19(26)12-11-14-7-3-5-9-16(14)27-20(21)22/h3-12,20H,13H2,1-2H3,(H,23,25). The minimum absolute atomic E-state index is 0.0318. The van der Waals surface area contributed by atoms with Crippen LogP contribution in [0.4, 0.5) is 14.5 Å². The van der Waals surface area contributed by atoms with Gasteiger partial charge in [0.2, 0.25) is 11.8 Å². The number of alkyl halides is 2. The monoisotopic (exact) mass is 406 g/mol. The molecule has 0 heterocycles. The van der Waals surface area contributed by atoms with Crippen molar-refractivity contribution in [3.8, 4) is 5.75 Å². The second kappa shape index (κ2) is 10.5. The molecule has 0 aliphatic rings. The third-order valence-electron chi connectivity index (χ3n) is 3.68. The van der Waals surface area contributed by atoms with E-state index >= 15 is 0 Å². The molecule has 2 rings (SSSR count). The van der Waals surface area contributed by atoms with Crippen molar-refractivity contribution in [1.29, 1.82) is 0 Å². The van der Waals surface area contributed by atoms with Gasteiger partial charge in [-0.25, -0.2) is 0 Å². The smallest absolute Gasteiger partial charge is 0.387 e. The molecule has 148 valence electrons. The van der Waals surface area contributed by atoms with Gasteiger partial charge in [0.1, 0.15) is 5.75 Å². The van der Waals surface area contributed by atoms with Crippen LogP contribution >= 0.6 is 11.8 Å². The fourth-order valence-electron chi connectivity index (χ4n) is 2.34. The van der Waals surface area contributed by atoms with Gasteiger partial charge >= 0.3 is 6.61 Å². The van der Waals surface area contributed by atoms with E-state index in [9.17, 15) is 18.4 Å². The minimum atomic E-state index is -2.96. The van der Waals surface area contributed by atoms with Gasteiger partial charge in [-0.3, -0.25) is 9.59 Å². The van der Waals surface area contributed by atoms with Crippen LogP contribution in [0.25, 0.3) is 6.08 Å². The number of carbonyl (C=O) groups excluding carboxylic acids is 2. The molecule has 0 aromatic heterocycles. The van der Waals surface area contributed by atoms with Gasteiger partial charge in [0, 0.05) is 23.6 Å². The molecule has 0 saturated heterocycles. The van der Waals surface area contributed by atoms with Crippen molar-refractivity contribution in [2.75, 3.05) is 25.2 Å². The van der Waals surface area contributed by atoms with E-state index in [0.29, 0.717) is 11.3 Å². The molecule has 0 unspecified atom stereocenters. The highest BCUT2D eigenvalue weighted by Crippen LogP contribution is 2.24.